The number of anilines is 1. The summed E-state index contributed by atoms with van der Waals surface area (Å²) in [6.45, 7) is -0.150. The molecule has 1 N–H and O–H groups in total. The van der Waals surface area contributed by atoms with Crippen LogP contribution in [0.4, 0.5) is 5.69 Å². The molecule has 0 aliphatic heterocycles. The summed E-state index contributed by atoms with van der Waals surface area (Å²) in [7, 11) is 0. The van der Waals surface area contributed by atoms with E-state index in [9.17, 15) is 9.59 Å². The first-order chi connectivity index (χ1) is 13.7. The molecule has 4 rings (SSSR count). The molecule has 1 aromatic heterocycles. The molecular weight excluding hydrogens is 358 g/mol. The number of rotatable bonds is 6. The molecule has 0 saturated heterocycles. The number of nitrogens with one attached hydrogen (secondary N) is 1. The molecule has 144 valence electrons. The summed E-state index contributed by atoms with van der Waals surface area (Å²) in [5.41, 5.74) is 0.669. The van der Waals surface area contributed by atoms with Gasteiger partial charge in [0.05, 0.1) is 6.10 Å². The van der Waals surface area contributed by atoms with Gasteiger partial charge in [-0.25, -0.2) is 4.79 Å². The monoisotopic (exact) mass is 379 g/mol. The third-order valence-corrected chi connectivity index (χ3v) is 4.71. The first-order valence-electron chi connectivity index (χ1n) is 9.39. The lowest BCUT2D eigenvalue weighted by Gasteiger charge is -2.13. The molecular formula is C22H21NO5. The van der Waals surface area contributed by atoms with Gasteiger partial charge in [0.25, 0.3) is 5.91 Å². The smallest absolute Gasteiger partial charge is 0.336 e. The van der Waals surface area contributed by atoms with Gasteiger partial charge < -0.3 is 19.2 Å². The zero-order chi connectivity index (χ0) is 19.3. The van der Waals surface area contributed by atoms with Gasteiger partial charge in [-0.05, 0) is 68.1 Å². The van der Waals surface area contributed by atoms with Crippen LogP contribution in [0.3, 0.4) is 0 Å². The highest BCUT2D eigenvalue weighted by Crippen LogP contribution is 2.25. The van der Waals surface area contributed by atoms with E-state index in [4.69, 9.17) is 13.9 Å². The Morgan fingerprint density at radius 1 is 1.00 bits per heavy atom. The van der Waals surface area contributed by atoms with Crippen LogP contribution in [0.5, 0.6) is 11.5 Å². The lowest BCUT2D eigenvalue weighted by molar-refractivity contribution is -0.118. The van der Waals surface area contributed by atoms with Crippen LogP contribution in [0.15, 0.2) is 63.8 Å². The number of amides is 1. The van der Waals surface area contributed by atoms with Gasteiger partial charge in [-0.15, -0.1) is 0 Å². The van der Waals surface area contributed by atoms with Crippen molar-refractivity contribution in [1.82, 2.24) is 0 Å². The first-order valence-corrected chi connectivity index (χ1v) is 9.39. The van der Waals surface area contributed by atoms with E-state index in [1.165, 1.54) is 18.9 Å². The first kappa shape index (κ1) is 18.1. The number of fused-ring (bicyclic) bond motifs is 1. The summed E-state index contributed by atoms with van der Waals surface area (Å²) >= 11 is 0. The molecule has 2 aromatic carbocycles. The fourth-order valence-electron chi connectivity index (χ4n) is 3.29. The van der Waals surface area contributed by atoms with E-state index in [0.717, 1.165) is 24.0 Å². The summed E-state index contributed by atoms with van der Waals surface area (Å²) in [4.78, 5) is 23.4. The molecule has 0 atom stereocenters. The van der Waals surface area contributed by atoms with E-state index in [1.807, 2.05) is 24.3 Å². The van der Waals surface area contributed by atoms with Crippen LogP contribution in [-0.4, -0.2) is 18.6 Å². The van der Waals surface area contributed by atoms with Crippen molar-refractivity contribution >= 4 is 22.6 Å². The highest BCUT2D eigenvalue weighted by molar-refractivity contribution is 5.92. The summed E-state index contributed by atoms with van der Waals surface area (Å²) < 4.78 is 16.5. The van der Waals surface area contributed by atoms with Crippen LogP contribution in [0.1, 0.15) is 25.7 Å². The third kappa shape index (κ3) is 4.52. The second kappa shape index (κ2) is 8.17. The zero-order valence-corrected chi connectivity index (χ0v) is 15.4. The molecule has 1 aliphatic rings. The second-order valence-corrected chi connectivity index (χ2v) is 6.84. The largest absolute Gasteiger partial charge is 0.490 e. The SMILES string of the molecule is O=C(COc1ccc2ccc(=O)oc2c1)Nc1ccc(OC2CCCC2)cc1. The molecule has 1 heterocycles. The average Bonchev–Trinajstić information content (AvgIpc) is 3.20. The van der Waals surface area contributed by atoms with Gasteiger partial charge in [-0.3, -0.25) is 4.79 Å². The van der Waals surface area contributed by atoms with Crippen molar-refractivity contribution in [2.24, 2.45) is 0 Å². The van der Waals surface area contributed by atoms with Crippen molar-refractivity contribution in [1.29, 1.82) is 0 Å². The van der Waals surface area contributed by atoms with Gasteiger partial charge >= 0.3 is 5.63 Å². The summed E-state index contributed by atoms with van der Waals surface area (Å²) in [6.07, 6.45) is 4.96. The molecule has 6 nitrogen and oxygen atoms in total. The Morgan fingerprint density at radius 3 is 2.50 bits per heavy atom. The third-order valence-electron chi connectivity index (χ3n) is 4.71. The Hall–Kier alpha value is -3.28. The maximum Gasteiger partial charge on any atom is 0.336 e. The molecule has 1 amide bonds. The van der Waals surface area contributed by atoms with Crippen LogP contribution >= 0.6 is 0 Å². The fourth-order valence-corrected chi connectivity index (χ4v) is 3.29. The fraction of sp³-hybridized carbons (Fsp3) is 0.273. The molecule has 0 unspecified atom stereocenters. The van der Waals surface area contributed by atoms with E-state index in [1.54, 1.807) is 24.3 Å². The number of carbonyl (C=O) groups excluding carboxylic acids is 1. The lowest BCUT2D eigenvalue weighted by Crippen LogP contribution is -2.20. The van der Waals surface area contributed by atoms with E-state index < -0.39 is 5.63 Å². The van der Waals surface area contributed by atoms with Crippen molar-refractivity contribution in [2.75, 3.05) is 11.9 Å². The van der Waals surface area contributed by atoms with E-state index in [0.29, 0.717) is 23.1 Å². The molecule has 28 heavy (non-hydrogen) atoms. The van der Waals surface area contributed by atoms with Crippen molar-refractivity contribution in [3.8, 4) is 11.5 Å². The molecule has 0 radical (unpaired) electrons. The van der Waals surface area contributed by atoms with Gasteiger partial charge in [-0.1, -0.05) is 0 Å². The van der Waals surface area contributed by atoms with Crippen molar-refractivity contribution in [2.45, 2.75) is 31.8 Å². The van der Waals surface area contributed by atoms with Crippen molar-refractivity contribution in [3.05, 3.63) is 65.0 Å². The normalized spacial score (nSPS) is 14.1. The molecule has 1 aliphatic carbocycles. The Balaban J connectivity index is 1.31. The molecule has 6 heteroatoms. The molecule has 3 aromatic rings. The minimum atomic E-state index is -0.428. The van der Waals surface area contributed by atoms with Crippen LogP contribution in [0, 0.1) is 0 Å². The lowest BCUT2D eigenvalue weighted by atomic mass is 10.2. The standard InChI is InChI=1S/C22H21NO5/c24-21(14-26-19-9-5-15-6-12-22(25)28-20(15)13-19)23-16-7-10-18(11-8-16)27-17-3-1-2-4-17/h5-13,17H,1-4,14H2,(H,23,24). The highest BCUT2D eigenvalue weighted by atomic mass is 16.5. The second-order valence-electron chi connectivity index (χ2n) is 6.84. The topological polar surface area (TPSA) is 77.8 Å². The molecule has 1 saturated carbocycles. The van der Waals surface area contributed by atoms with Crippen molar-refractivity contribution < 1.29 is 18.7 Å². The van der Waals surface area contributed by atoms with Gasteiger partial charge in [0, 0.05) is 23.2 Å². The number of carbonyl (C=O) groups is 1. The summed E-state index contributed by atoms with van der Waals surface area (Å²) in [6, 6.07) is 15.5. The maximum absolute atomic E-state index is 12.1. The number of benzene rings is 2. The van der Waals surface area contributed by atoms with E-state index in [-0.39, 0.29) is 12.5 Å². The summed E-state index contributed by atoms with van der Waals surface area (Å²) in [5, 5.41) is 3.57. The van der Waals surface area contributed by atoms with Crippen LogP contribution < -0.4 is 20.4 Å². The summed E-state index contributed by atoms with van der Waals surface area (Å²) in [5.74, 6) is 0.996. The predicted octanol–water partition coefficient (Wildman–Crippen LogP) is 4.13. The molecule has 0 bridgehead atoms. The maximum atomic E-state index is 12.1. The quantitative estimate of drug-likeness (QED) is 0.652. The Labute approximate surface area is 162 Å². The number of hydrogen-bond donors (Lipinski definition) is 1. The van der Waals surface area contributed by atoms with Gasteiger partial charge in [0.2, 0.25) is 0 Å². The van der Waals surface area contributed by atoms with Crippen LogP contribution in [-0.2, 0) is 4.79 Å². The average molecular weight is 379 g/mol. The van der Waals surface area contributed by atoms with Gasteiger partial charge in [-0.2, -0.15) is 0 Å². The number of ether oxygens (including phenoxy) is 2. The zero-order valence-electron chi connectivity index (χ0n) is 15.4. The van der Waals surface area contributed by atoms with E-state index in [2.05, 4.69) is 5.32 Å². The highest BCUT2D eigenvalue weighted by Gasteiger charge is 2.16. The Bertz CT molecular complexity index is 1020. The minimum Gasteiger partial charge on any atom is -0.490 e. The number of hydrogen-bond acceptors (Lipinski definition) is 5. The van der Waals surface area contributed by atoms with Gasteiger partial charge in [0.15, 0.2) is 6.61 Å². The molecule has 0 spiro atoms. The van der Waals surface area contributed by atoms with E-state index >= 15 is 0 Å². The predicted molar refractivity (Wildman–Crippen MR) is 106 cm³/mol. The molecule has 1 fully saturated rings. The Kier molecular flexibility index (Phi) is 5.28. The van der Waals surface area contributed by atoms with Crippen LogP contribution in [0.2, 0.25) is 0 Å². The van der Waals surface area contributed by atoms with Gasteiger partial charge in [0.1, 0.15) is 17.1 Å². The van der Waals surface area contributed by atoms with Crippen molar-refractivity contribution in [3.63, 3.8) is 0 Å². The van der Waals surface area contributed by atoms with Crippen LogP contribution in [0.25, 0.3) is 11.0 Å². The minimum absolute atomic E-state index is 0.150. The Morgan fingerprint density at radius 2 is 1.71 bits per heavy atom.